The molecule has 4 aliphatic heterocycles. The molecule has 4 fully saturated rings. The molecule has 0 unspecified atom stereocenters. The number of hydrogen-bond donors (Lipinski definition) is 0. The van der Waals surface area contributed by atoms with E-state index in [2.05, 4.69) is 55.7 Å². The van der Waals surface area contributed by atoms with Crippen LogP contribution in [0.5, 0.6) is 0 Å². The highest BCUT2D eigenvalue weighted by atomic mass is 31.2. The van der Waals surface area contributed by atoms with E-state index in [0.29, 0.717) is 0 Å². The van der Waals surface area contributed by atoms with Gasteiger partial charge in [-0.2, -0.15) is 0 Å². The first-order chi connectivity index (χ1) is 16.2. The summed E-state index contributed by atoms with van der Waals surface area (Å²) in [4.78, 5) is 0. The lowest BCUT2D eigenvalue weighted by Gasteiger charge is -2.49. The maximum absolute atomic E-state index is 6.53. The Morgan fingerprint density at radius 3 is 1.27 bits per heavy atom. The van der Waals surface area contributed by atoms with Crippen LogP contribution in [-0.4, -0.2) is 107 Å². The molecule has 0 aromatic heterocycles. The first kappa shape index (κ1) is 26.5. The second kappa shape index (κ2) is 12.1. The Bertz CT molecular complexity index is 593. The van der Waals surface area contributed by atoms with Crippen molar-refractivity contribution >= 4 is 15.4 Å². The van der Waals surface area contributed by atoms with Gasteiger partial charge in [-0.05, 0) is 69.7 Å². The minimum absolute atomic E-state index is 1.11. The molecular weight excluding hydrogens is 448 g/mol. The van der Waals surface area contributed by atoms with Crippen LogP contribution in [0, 0.1) is 0 Å². The summed E-state index contributed by atoms with van der Waals surface area (Å²) in [6.07, 6.45) is 10.8. The van der Waals surface area contributed by atoms with Gasteiger partial charge in [-0.1, -0.05) is 13.8 Å². The van der Waals surface area contributed by atoms with Crippen molar-refractivity contribution < 1.29 is 0 Å². The molecule has 192 valence electrons. The van der Waals surface area contributed by atoms with Crippen LogP contribution < -0.4 is 0 Å². The third kappa shape index (κ3) is 4.88. The topological polar surface area (TPSA) is 31.8 Å². The molecule has 33 heavy (non-hydrogen) atoms. The lowest BCUT2D eigenvalue weighted by Crippen LogP contribution is -2.45. The Hall–Kier alpha value is 0.420. The van der Waals surface area contributed by atoms with E-state index in [1.54, 1.807) is 0 Å². The van der Waals surface area contributed by atoms with E-state index in [4.69, 9.17) is 4.52 Å². The molecule has 4 aliphatic rings. The third-order valence-corrected chi connectivity index (χ3v) is 17.5. The monoisotopic (exact) mass is 500 g/mol. The Kier molecular flexibility index (Phi) is 9.71. The van der Waals surface area contributed by atoms with Gasteiger partial charge in [-0.25, -0.2) is 14.0 Å². The largest absolute Gasteiger partial charge is 0.357 e. The van der Waals surface area contributed by atoms with Crippen molar-refractivity contribution in [2.45, 2.75) is 79.1 Å². The first-order valence-corrected chi connectivity index (χ1v) is 17.4. The van der Waals surface area contributed by atoms with E-state index in [0.717, 1.165) is 26.2 Å². The molecule has 0 aliphatic carbocycles. The van der Waals surface area contributed by atoms with Crippen LogP contribution in [0.2, 0.25) is 0 Å². The lowest BCUT2D eigenvalue weighted by molar-refractivity contribution is 0.346. The fraction of sp³-hybridized carbons (Fsp3) is 1.00. The predicted molar refractivity (Wildman–Crippen MR) is 145 cm³/mol. The van der Waals surface area contributed by atoms with Crippen molar-refractivity contribution in [3.8, 4) is 0 Å². The zero-order valence-electron chi connectivity index (χ0n) is 22.2. The van der Waals surface area contributed by atoms with Crippen LogP contribution in [0.3, 0.4) is 0 Å². The lowest BCUT2D eigenvalue weighted by atomic mass is 10.4. The Morgan fingerprint density at radius 1 is 0.576 bits per heavy atom. The molecule has 7 nitrogen and oxygen atoms in total. The van der Waals surface area contributed by atoms with E-state index in [1.807, 2.05) is 0 Å². The zero-order valence-corrected chi connectivity index (χ0v) is 24.0. The minimum atomic E-state index is -1.96. The zero-order chi connectivity index (χ0) is 23.3. The van der Waals surface area contributed by atoms with Gasteiger partial charge in [0.2, 0.25) is 7.51 Å². The summed E-state index contributed by atoms with van der Waals surface area (Å²) in [5.41, 5.74) is 0. The maximum Gasteiger partial charge on any atom is 0.357 e. The normalized spacial score (nSPS) is 24.8. The van der Waals surface area contributed by atoms with Gasteiger partial charge < -0.3 is 0 Å². The third-order valence-electron chi connectivity index (χ3n) is 8.31. The highest BCUT2D eigenvalue weighted by molar-refractivity contribution is 7.75. The van der Waals surface area contributed by atoms with Crippen molar-refractivity contribution in [1.29, 1.82) is 0 Å². The molecular formula is C24H52N7P2+. The highest BCUT2D eigenvalue weighted by Gasteiger charge is 2.61. The van der Waals surface area contributed by atoms with E-state index in [1.165, 1.54) is 104 Å². The minimum Gasteiger partial charge on any atom is -0.243 e. The summed E-state index contributed by atoms with van der Waals surface area (Å²) in [5, 5.41) is 0. The van der Waals surface area contributed by atoms with Crippen molar-refractivity contribution in [3.63, 3.8) is 0 Å². The van der Waals surface area contributed by atoms with Gasteiger partial charge >= 0.3 is 7.87 Å². The molecule has 0 aromatic carbocycles. The Balaban J connectivity index is 1.99. The van der Waals surface area contributed by atoms with E-state index < -0.39 is 15.4 Å². The molecule has 0 radical (unpaired) electrons. The molecule has 4 heterocycles. The summed E-state index contributed by atoms with van der Waals surface area (Å²) < 4.78 is 23.9. The standard InChI is InChI=1S/C24H52N7P2/c1-5-26(6-2)32(28-17-9-10-18-28,29-19-11-12-20-29)25-33(27(7-3)8-4,30-21-13-14-22-30)31-23-15-16-24-31/h5-24H2,1-4H3/q+1. The van der Waals surface area contributed by atoms with Crippen molar-refractivity contribution in [2.75, 3.05) is 78.5 Å². The quantitative estimate of drug-likeness (QED) is 0.340. The van der Waals surface area contributed by atoms with E-state index in [9.17, 15) is 0 Å². The molecule has 0 spiro atoms. The van der Waals surface area contributed by atoms with Crippen molar-refractivity contribution in [3.05, 3.63) is 0 Å². The molecule has 0 aromatic rings. The van der Waals surface area contributed by atoms with Gasteiger partial charge in [-0.15, -0.1) is 14.0 Å². The molecule has 0 atom stereocenters. The molecule has 0 amide bonds. The van der Waals surface area contributed by atoms with Crippen molar-refractivity contribution in [2.24, 2.45) is 4.52 Å². The summed E-state index contributed by atoms with van der Waals surface area (Å²) in [7, 11) is -3.92. The summed E-state index contributed by atoms with van der Waals surface area (Å²) in [5.74, 6) is 0. The summed E-state index contributed by atoms with van der Waals surface area (Å²) in [6.45, 7) is 23.9. The average molecular weight is 501 g/mol. The van der Waals surface area contributed by atoms with Gasteiger partial charge in [0.1, 0.15) is 0 Å². The molecule has 9 heteroatoms. The van der Waals surface area contributed by atoms with E-state index in [-0.39, 0.29) is 0 Å². The fourth-order valence-corrected chi connectivity index (χ4v) is 17.6. The second-order valence-electron chi connectivity index (χ2n) is 10.1. The number of rotatable bonds is 11. The van der Waals surface area contributed by atoms with Crippen LogP contribution in [0.1, 0.15) is 79.1 Å². The van der Waals surface area contributed by atoms with Gasteiger partial charge in [0.15, 0.2) is 0 Å². The van der Waals surface area contributed by atoms with Crippen LogP contribution in [0.4, 0.5) is 0 Å². The van der Waals surface area contributed by atoms with Gasteiger partial charge in [0.25, 0.3) is 0 Å². The predicted octanol–water partition coefficient (Wildman–Crippen LogP) is 5.68. The molecule has 0 N–H and O–H groups in total. The maximum atomic E-state index is 6.53. The Morgan fingerprint density at radius 2 is 0.939 bits per heavy atom. The SMILES string of the molecule is CCN(CC)P(=N[P+](N(CC)CC)(N1CCCC1)N1CCCC1)(N1CCCC1)N1CCCC1. The molecule has 0 saturated carbocycles. The summed E-state index contributed by atoms with van der Waals surface area (Å²) in [6, 6.07) is 0. The van der Waals surface area contributed by atoms with Crippen LogP contribution in [0.25, 0.3) is 0 Å². The molecule has 4 saturated heterocycles. The fourth-order valence-electron chi connectivity index (χ4n) is 6.65. The smallest absolute Gasteiger partial charge is 0.243 e. The number of hydrogen-bond acceptors (Lipinski definition) is 4. The van der Waals surface area contributed by atoms with Crippen LogP contribution in [0.15, 0.2) is 4.52 Å². The molecule has 0 bridgehead atoms. The Labute approximate surface area is 205 Å². The van der Waals surface area contributed by atoms with Crippen LogP contribution in [-0.2, 0) is 0 Å². The van der Waals surface area contributed by atoms with Gasteiger partial charge in [0, 0.05) is 78.5 Å². The number of nitrogens with zero attached hydrogens (tertiary/aromatic N) is 7. The van der Waals surface area contributed by atoms with Gasteiger partial charge in [-0.3, -0.25) is 0 Å². The van der Waals surface area contributed by atoms with Crippen LogP contribution >= 0.6 is 15.4 Å². The first-order valence-electron chi connectivity index (χ1n) is 14.2. The highest BCUT2D eigenvalue weighted by Crippen LogP contribution is 2.78. The van der Waals surface area contributed by atoms with E-state index >= 15 is 0 Å². The van der Waals surface area contributed by atoms with Gasteiger partial charge in [0.05, 0.1) is 0 Å². The second-order valence-corrected chi connectivity index (χ2v) is 16.3. The average Bonchev–Trinajstić information content (AvgIpc) is 3.67. The molecule has 4 rings (SSSR count). The summed E-state index contributed by atoms with van der Waals surface area (Å²) >= 11 is 0. The van der Waals surface area contributed by atoms with Crippen molar-refractivity contribution in [1.82, 2.24) is 28.0 Å².